The molecule has 6 N–H and O–H groups in total. The summed E-state index contributed by atoms with van der Waals surface area (Å²) >= 11 is 0. The fraction of sp³-hybridized carbons (Fsp3) is 0.412. The van der Waals surface area contributed by atoms with E-state index in [1.165, 1.54) is 0 Å². The molecule has 1 aromatic rings. The number of nitrogens with one attached hydrogen (secondary N) is 3. The number of carbonyl (C=O) groups excluding carboxylic acids is 2. The van der Waals surface area contributed by atoms with Crippen molar-refractivity contribution in [2.24, 2.45) is 5.73 Å². The minimum atomic E-state index is -1.19. The largest absolute Gasteiger partial charge is 0.480 e. The molecule has 0 spiro atoms. The van der Waals surface area contributed by atoms with E-state index in [2.05, 4.69) is 10.6 Å². The molecular weight excluding hydrogens is 340 g/mol. The standard InChI is InChI=1S/C17H24N4O5/c1-17(2,3)26-16(25)21-12(15(24)20-9-13(22)23)8-10-4-6-11(7-5-10)14(18)19/h4-7,12H,8-9H2,1-3H3,(H3,18,19)(H,20,24)(H,21,25)(H,22,23). The molecule has 0 saturated heterocycles. The number of alkyl carbamates (subject to hydrolysis) is 1. The van der Waals surface area contributed by atoms with Crippen LogP contribution in [-0.2, 0) is 20.7 Å². The molecule has 26 heavy (non-hydrogen) atoms. The van der Waals surface area contributed by atoms with Gasteiger partial charge in [-0.15, -0.1) is 0 Å². The summed E-state index contributed by atoms with van der Waals surface area (Å²) in [6.07, 6.45) is -0.670. The van der Waals surface area contributed by atoms with Crippen molar-refractivity contribution in [3.8, 4) is 0 Å². The van der Waals surface area contributed by atoms with Crippen molar-refractivity contribution >= 4 is 23.8 Å². The van der Waals surface area contributed by atoms with Gasteiger partial charge in [0.15, 0.2) is 0 Å². The number of nitrogens with two attached hydrogens (primary N) is 1. The highest BCUT2D eigenvalue weighted by molar-refractivity contribution is 5.95. The summed E-state index contributed by atoms with van der Waals surface area (Å²) in [5, 5.41) is 20.8. The van der Waals surface area contributed by atoms with Gasteiger partial charge < -0.3 is 26.2 Å². The highest BCUT2D eigenvalue weighted by Crippen LogP contribution is 2.10. The van der Waals surface area contributed by atoms with E-state index in [-0.39, 0.29) is 12.3 Å². The summed E-state index contributed by atoms with van der Waals surface area (Å²) in [7, 11) is 0. The number of hydrogen-bond donors (Lipinski definition) is 5. The maximum atomic E-state index is 12.2. The monoisotopic (exact) mass is 364 g/mol. The number of amides is 2. The minimum absolute atomic E-state index is 0.0841. The van der Waals surface area contributed by atoms with Crippen LogP contribution in [0.1, 0.15) is 31.9 Å². The van der Waals surface area contributed by atoms with Crippen LogP contribution in [0.3, 0.4) is 0 Å². The number of nitrogen functional groups attached to an aromatic ring is 1. The van der Waals surface area contributed by atoms with Gasteiger partial charge in [0.2, 0.25) is 5.91 Å². The quantitative estimate of drug-likeness (QED) is 0.353. The number of benzene rings is 1. The van der Waals surface area contributed by atoms with Crippen LogP contribution in [0.2, 0.25) is 0 Å². The van der Waals surface area contributed by atoms with Crippen molar-refractivity contribution in [3.63, 3.8) is 0 Å². The number of aliphatic carboxylic acids is 1. The second-order valence-corrected chi connectivity index (χ2v) is 6.63. The zero-order valence-corrected chi connectivity index (χ0v) is 15.0. The first kappa shape index (κ1) is 20.9. The van der Waals surface area contributed by atoms with Crippen LogP contribution in [0.15, 0.2) is 24.3 Å². The van der Waals surface area contributed by atoms with Gasteiger partial charge in [0, 0.05) is 12.0 Å². The van der Waals surface area contributed by atoms with Crippen molar-refractivity contribution in [2.45, 2.75) is 38.8 Å². The number of hydrogen-bond acceptors (Lipinski definition) is 5. The first-order valence-corrected chi connectivity index (χ1v) is 7.90. The smallest absolute Gasteiger partial charge is 0.408 e. The first-order chi connectivity index (χ1) is 12.0. The van der Waals surface area contributed by atoms with Gasteiger partial charge in [-0.3, -0.25) is 15.0 Å². The van der Waals surface area contributed by atoms with E-state index in [1.54, 1.807) is 45.0 Å². The zero-order valence-electron chi connectivity index (χ0n) is 15.0. The van der Waals surface area contributed by atoms with E-state index in [0.717, 1.165) is 0 Å². The lowest BCUT2D eigenvalue weighted by Crippen LogP contribution is -2.50. The van der Waals surface area contributed by atoms with Crippen LogP contribution in [-0.4, -0.2) is 47.1 Å². The Morgan fingerprint density at radius 2 is 1.81 bits per heavy atom. The van der Waals surface area contributed by atoms with Crippen molar-refractivity contribution in [1.29, 1.82) is 5.41 Å². The molecule has 0 aliphatic heterocycles. The summed E-state index contributed by atoms with van der Waals surface area (Å²) < 4.78 is 5.14. The second-order valence-electron chi connectivity index (χ2n) is 6.63. The lowest BCUT2D eigenvalue weighted by Gasteiger charge is -2.23. The normalized spacial score (nSPS) is 12.0. The van der Waals surface area contributed by atoms with E-state index in [4.69, 9.17) is 21.0 Å². The Hall–Kier alpha value is -3.10. The van der Waals surface area contributed by atoms with Crippen LogP contribution in [0.5, 0.6) is 0 Å². The minimum Gasteiger partial charge on any atom is -0.480 e. The third-order valence-corrected chi connectivity index (χ3v) is 3.13. The van der Waals surface area contributed by atoms with Gasteiger partial charge in [0.1, 0.15) is 24.0 Å². The van der Waals surface area contributed by atoms with Crippen molar-refractivity contribution < 1.29 is 24.2 Å². The third kappa shape index (κ3) is 7.65. The van der Waals surface area contributed by atoms with Gasteiger partial charge in [0.25, 0.3) is 0 Å². The molecule has 0 aromatic heterocycles. The molecule has 0 aliphatic carbocycles. The van der Waals surface area contributed by atoms with E-state index < -0.39 is 36.2 Å². The molecule has 1 rings (SSSR count). The summed E-state index contributed by atoms with van der Waals surface area (Å²) in [4.78, 5) is 34.8. The number of carboxylic acid groups (broad SMARTS) is 1. The highest BCUT2D eigenvalue weighted by Gasteiger charge is 2.25. The number of carboxylic acids is 1. The van der Waals surface area contributed by atoms with E-state index in [0.29, 0.717) is 11.1 Å². The van der Waals surface area contributed by atoms with E-state index in [9.17, 15) is 14.4 Å². The summed E-state index contributed by atoms with van der Waals surface area (Å²) in [6.45, 7) is 4.50. The molecule has 2 amide bonds. The Labute approximate surface area is 151 Å². The van der Waals surface area contributed by atoms with Gasteiger partial charge in [-0.2, -0.15) is 0 Å². The molecule has 0 aliphatic rings. The summed E-state index contributed by atoms with van der Waals surface area (Å²) in [5.74, 6) is -1.92. The first-order valence-electron chi connectivity index (χ1n) is 7.90. The van der Waals surface area contributed by atoms with Crippen LogP contribution in [0, 0.1) is 5.41 Å². The van der Waals surface area contributed by atoms with Crippen molar-refractivity contribution in [2.75, 3.05) is 6.54 Å². The molecule has 9 nitrogen and oxygen atoms in total. The number of amidine groups is 1. The van der Waals surface area contributed by atoms with E-state index in [1.807, 2.05) is 0 Å². The predicted molar refractivity (Wildman–Crippen MR) is 95.0 cm³/mol. The van der Waals surface area contributed by atoms with Crippen LogP contribution < -0.4 is 16.4 Å². The number of carbonyl (C=O) groups is 3. The van der Waals surface area contributed by atoms with Crippen LogP contribution in [0.25, 0.3) is 0 Å². The Kier molecular flexibility index (Phi) is 7.12. The predicted octanol–water partition coefficient (Wildman–Crippen LogP) is 0.607. The molecule has 0 saturated carbocycles. The average Bonchev–Trinajstić information content (AvgIpc) is 2.50. The van der Waals surface area contributed by atoms with Crippen molar-refractivity contribution in [1.82, 2.24) is 10.6 Å². The fourth-order valence-electron chi connectivity index (χ4n) is 2.00. The zero-order chi connectivity index (χ0) is 19.9. The van der Waals surface area contributed by atoms with Gasteiger partial charge in [-0.05, 0) is 26.3 Å². The van der Waals surface area contributed by atoms with Gasteiger partial charge in [-0.1, -0.05) is 24.3 Å². The molecule has 1 unspecified atom stereocenters. The number of rotatable bonds is 7. The SMILES string of the molecule is CC(C)(C)OC(=O)NC(Cc1ccc(C(=N)N)cc1)C(=O)NCC(=O)O. The third-order valence-electron chi connectivity index (χ3n) is 3.13. The Balaban J connectivity index is 2.88. The van der Waals surface area contributed by atoms with Gasteiger partial charge in [-0.25, -0.2) is 4.79 Å². The topological polar surface area (TPSA) is 155 Å². The lowest BCUT2D eigenvalue weighted by atomic mass is 10.0. The molecule has 0 radical (unpaired) electrons. The molecule has 9 heteroatoms. The van der Waals surface area contributed by atoms with Crippen LogP contribution in [0.4, 0.5) is 4.79 Å². The average molecular weight is 364 g/mol. The molecular formula is C17H24N4O5. The Bertz CT molecular complexity index is 679. The molecule has 0 heterocycles. The molecule has 0 fully saturated rings. The Morgan fingerprint density at radius 3 is 2.27 bits per heavy atom. The second kappa shape index (κ2) is 8.84. The van der Waals surface area contributed by atoms with Gasteiger partial charge >= 0.3 is 12.1 Å². The van der Waals surface area contributed by atoms with Crippen LogP contribution >= 0.6 is 0 Å². The number of ether oxygens (including phenoxy) is 1. The molecule has 142 valence electrons. The Morgan fingerprint density at radius 1 is 1.23 bits per heavy atom. The fourth-order valence-corrected chi connectivity index (χ4v) is 2.00. The summed E-state index contributed by atoms with van der Waals surface area (Å²) in [6, 6.07) is 5.57. The summed E-state index contributed by atoms with van der Waals surface area (Å²) in [5.41, 5.74) is 5.88. The molecule has 0 bridgehead atoms. The molecule has 1 aromatic carbocycles. The van der Waals surface area contributed by atoms with Crippen molar-refractivity contribution in [3.05, 3.63) is 35.4 Å². The maximum absolute atomic E-state index is 12.2. The highest BCUT2D eigenvalue weighted by atomic mass is 16.6. The van der Waals surface area contributed by atoms with E-state index >= 15 is 0 Å². The van der Waals surface area contributed by atoms with Gasteiger partial charge in [0.05, 0.1) is 0 Å². The molecule has 1 atom stereocenters. The lowest BCUT2D eigenvalue weighted by molar-refractivity contribution is -0.138. The maximum Gasteiger partial charge on any atom is 0.408 e.